The predicted octanol–water partition coefficient (Wildman–Crippen LogP) is 5.89. The van der Waals surface area contributed by atoms with E-state index in [-0.39, 0.29) is 17.2 Å². The number of nitrogens with one attached hydrogen (secondary N) is 3. The van der Waals surface area contributed by atoms with Gasteiger partial charge >= 0.3 is 6.18 Å². The molecule has 1 saturated heterocycles. The standard InChI is InChI=1S/C29H30ClF3N6O2/c1-17-3-4-18(26(40)37-20-5-6-22(30)21(14-20)29(31,32)33)13-23(17)38-27(41)28(9-10-28)24-15-25(35-16-34-24)36-19-7-11-39(2)12-8-19/h3-6,13-16,19H,7-12H2,1-2H3,(H,37,40)(H,38,41)(H,34,35,36). The maximum Gasteiger partial charge on any atom is 0.417 e. The molecule has 2 aliphatic rings. The summed E-state index contributed by atoms with van der Waals surface area (Å²) in [6.07, 6.45) is 0.0719. The molecule has 0 unspecified atom stereocenters. The summed E-state index contributed by atoms with van der Waals surface area (Å²) >= 11 is 5.68. The Labute approximate surface area is 240 Å². The summed E-state index contributed by atoms with van der Waals surface area (Å²) in [4.78, 5) is 37.5. The van der Waals surface area contributed by atoms with E-state index in [0.29, 0.717) is 36.1 Å². The molecule has 0 bridgehead atoms. The maximum atomic E-state index is 13.5. The van der Waals surface area contributed by atoms with Gasteiger partial charge in [0.1, 0.15) is 12.1 Å². The molecule has 2 aromatic carbocycles. The van der Waals surface area contributed by atoms with Crippen molar-refractivity contribution in [3.63, 3.8) is 0 Å². The van der Waals surface area contributed by atoms with Gasteiger partial charge in [-0.3, -0.25) is 9.59 Å². The van der Waals surface area contributed by atoms with Crippen LogP contribution in [0.25, 0.3) is 0 Å². The zero-order valence-corrected chi connectivity index (χ0v) is 23.4. The molecule has 8 nitrogen and oxygen atoms in total. The molecule has 1 aliphatic carbocycles. The zero-order chi connectivity index (χ0) is 29.4. The SMILES string of the molecule is Cc1ccc(C(=O)Nc2ccc(Cl)c(C(F)(F)F)c2)cc1NC(=O)C1(c2cc(NC3CCN(C)CC3)ncn2)CC1. The number of carbonyl (C=O) groups excluding carboxylic acids is 2. The van der Waals surface area contributed by atoms with Gasteiger partial charge in [-0.25, -0.2) is 9.97 Å². The monoisotopic (exact) mass is 586 g/mol. The number of anilines is 3. The second-order valence-corrected chi connectivity index (χ2v) is 11.1. The summed E-state index contributed by atoms with van der Waals surface area (Å²) in [7, 11) is 2.10. The number of piperidine rings is 1. The average molecular weight is 587 g/mol. The molecule has 5 rings (SSSR count). The van der Waals surface area contributed by atoms with E-state index in [4.69, 9.17) is 11.6 Å². The minimum Gasteiger partial charge on any atom is -0.367 e. The highest BCUT2D eigenvalue weighted by Gasteiger charge is 2.53. The van der Waals surface area contributed by atoms with E-state index in [1.807, 2.05) is 6.07 Å². The number of nitrogens with zero attached hydrogens (tertiary/aromatic N) is 3. The summed E-state index contributed by atoms with van der Waals surface area (Å²) < 4.78 is 39.7. The quantitative estimate of drug-likeness (QED) is 0.319. The van der Waals surface area contributed by atoms with Crippen LogP contribution in [0.3, 0.4) is 0 Å². The van der Waals surface area contributed by atoms with Gasteiger partial charge in [0.15, 0.2) is 0 Å². The van der Waals surface area contributed by atoms with Crippen LogP contribution in [0.2, 0.25) is 5.02 Å². The fraction of sp³-hybridized carbons (Fsp3) is 0.379. The van der Waals surface area contributed by atoms with Crippen LogP contribution in [0.15, 0.2) is 48.8 Å². The van der Waals surface area contributed by atoms with E-state index in [1.165, 1.54) is 18.5 Å². The first-order valence-electron chi connectivity index (χ1n) is 13.3. The van der Waals surface area contributed by atoms with Gasteiger partial charge in [0.05, 0.1) is 21.7 Å². The van der Waals surface area contributed by atoms with Crippen molar-refractivity contribution in [2.24, 2.45) is 0 Å². The third-order valence-electron chi connectivity index (χ3n) is 7.69. The third-order valence-corrected chi connectivity index (χ3v) is 8.02. The number of amides is 2. The summed E-state index contributed by atoms with van der Waals surface area (Å²) in [5, 5.41) is 8.42. The van der Waals surface area contributed by atoms with Crippen LogP contribution in [-0.2, 0) is 16.4 Å². The number of hydrogen-bond donors (Lipinski definition) is 3. The molecular weight excluding hydrogens is 557 g/mol. The topological polar surface area (TPSA) is 99.2 Å². The van der Waals surface area contributed by atoms with Crippen molar-refractivity contribution in [2.75, 3.05) is 36.1 Å². The first kappa shape index (κ1) is 28.8. The molecule has 0 atom stereocenters. The van der Waals surface area contributed by atoms with Crippen molar-refractivity contribution >= 4 is 40.6 Å². The highest BCUT2D eigenvalue weighted by molar-refractivity contribution is 6.31. The number of hydrogen-bond acceptors (Lipinski definition) is 6. The molecule has 1 aliphatic heterocycles. The highest BCUT2D eigenvalue weighted by atomic mass is 35.5. The normalized spacial score (nSPS) is 17.1. The summed E-state index contributed by atoms with van der Waals surface area (Å²) in [6.45, 7) is 3.80. The molecule has 2 heterocycles. The predicted molar refractivity (Wildman–Crippen MR) is 151 cm³/mol. The van der Waals surface area contributed by atoms with Gasteiger partial charge in [0.2, 0.25) is 5.91 Å². The Balaban J connectivity index is 1.29. The molecule has 216 valence electrons. The van der Waals surface area contributed by atoms with E-state index in [9.17, 15) is 22.8 Å². The summed E-state index contributed by atoms with van der Waals surface area (Å²) in [5.74, 6) is -0.179. The van der Waals surface area contributed by atoms with Crippen LogP contribution in [0.1, 0.15) is 52.9 Å². The van der Waals surface area contributed by atoms with Gasteiger partial charge < -0.3 is 20.9 Å². The molecule has 2 amide bonds. The van der Waals surface area contributed by atoms with Crippen molar-refractivity contribution < 1.29 is 22.8 Å². The lowest BCUT2D eigenvalue weighted by molar-refractivity contribution is -0.137. The first-order chi connectivity index (χ1) is 19.4. The Morgan fingerprint density at radius 2 is 1.76 bits per heavy atom. The van der Waals surface area contributed by atoms with Crippen LogP contribution in [0, 0.1) is 6.92 Å². The Hall–Kier alpha value is -3.70. The van der Waals surface area contributed by atoms with Gasteiger partial charge in [0.25, 0.3) is 5.91 Å². The molecule has 2 fully saturated rings. The minimum absolute atomic E-state index is 0.0526. The lowest BCUT2D eigenvalue weighted by Crippen LogP contribution is -2.37. The molecular formula is C29H30ClF3N6O2. The number of alkyl halides is 3. The summed E-state index contributed by atoms with van der Waals surface area (Å²) in [5.41, 5.74) is 0.0691. The number of benzene rings is 2. The fourth-order valence-corrected chi connectivity index (χ4v) is 5.17. The van der Waals surface area contributed by atoms with E-state index in [2.05, 4.69) is 37.9 Å². The van der Waals surface area contributed by atoms with Gasteiger partial charge in [-0.1, -0.05) is 17.7 Å². The molecule has 0 spiro atoms. The average Bonchev–Trinajstić information content (AvgIpc) is 3.74. The van der Waals surface area contributed by atoms with Crippen LogP contribution in [0.5, 0.6) is 0 Å². The number of halogens is 4. The number of aryl methyl sites for hydroxylation is 1. The van der Waals surface area contributed by atoms with Crippen LogP contribution < -0.4 is 16.0 Å². The molecule has 3 aromatic rings. The van der Waals surface area contributed by atoms with E-state index in [0.717, 1.165) is 43.6 Å². The second kappa shape index (κ2) is 11.3. The largest absolute Gasteiger partial charge is 0.417 e. The number of carbonyl (C=O) groups is 2. The first-order valence-corrected chi connectivity index (χ1v) is 13.7. The Bertz CT molecular complexity index is 1470. The van der Waals surface area contributed by atoms with Crippen molar-refractivity contribution in [1.29, 1.82) is 0 Å². The zero-order valence-electron chi connectivity index (χ0n) is 22.6. The van der Waals surface area contributed by atoms with E-state index >= 15 is 0 Å². The third kappa shape index (κ3) is 6.46. The molecule has 1 saturated carbocycles. The summed E-state index contributed by atoms with van der Waals surface area (Å²) in [6, 6.07) is 10.0. The maximum absolute atomic E-state index is 13.5. The Morgan fingerprint density at radius 3 is 2.44 bits per heavy atom. The molecule has 41 heavy (non-hydrogen) atoms. The fourth-order valence-electron chi connectivity index (χ4n) is 4.95. The lowest BCUT2D eigenvalue weighted by Gasteiger charge is -2.29. The van der Waals surface area contributed by atoms with Crippen LogP contribution in [0.4, 0.5) is 30.4 Å². The van der Waals surface area contributed by atoms with Gasteiger partial charge in [0, 0.05) is 29.0 Å². The Kier molecular flexibility index (Phi) is 7.93. The Morgan fingerprint density at radius 1 is 1.02 bits per heavy atom. The lowest BCUT2D eigenvalue weighted by atomic mass is 9.99. The van der Waals surface area contributed by atoms with Gasteiger partial charge in [-0.15, -0.1) is 0 Å². The van der Waals surface area contributed by atoms with Gasteiger partial charge in [-0.05, 0) is 88.6 Å². The molecule has 0 radical (unpaired) electrons. The number of rotatable bonds is 7. The van der Waals surface area contributed by atoms with Crippen molar-refractivity contribution in [2.45, 2.75) is 50.2 Å². The highest BCUT2D eigenvalue weighted by Crippen LogP contribution is 2.48. The second-order valence-electron chi connectivity index (χ2n) is 10.7. The minimum atomic E-state index is -4.66. The van der Waals surface area contributed by atoms with Gasteiger partial charge in [-0.2, -0.15) is 13.2 Å². The smallest absolute Gasteiger partial charge is 0.367 e. The molecule has 12 heteroatoms. The van der Waals surface area contributed by atoms with E-state index < -0.39 is 28.1 Å². The molecule has 3 N–H and O–H groups in total. The van der Waals surface area contributed by atoms with E-state index in [1.54, 1.807) is 19.1 Å². The van der Waals surface area contributed by atoms with Crippen molar-refractivity contribution in [1.82, 2.24) is 14.9 Å². The molecule has 1 aromatic heterocycles. The van der Waals surface area contributed by atoms with Crippen molar-refractivity contribution in [3.8, 4) is 0 Å². The number of likely N-dealkylation sites (tertiary alicyclic amines) is 1. The van der Waals surface area contributed by atoms with Crippen LogP contribution in [-0.4, -0.2) is 52.9 Å². The van der Waals surface area contributed by atoms with Crippen molar-refractivity contribution in [3.05, 3.63) is 76.2 Å². The number of aromatic nitrogens is 2. The van der Waals surface area contributed by atoms with Crippen LogP contribution >= 0.6 is 11.6 Å².